The van der Waals surface area contributed by atoms with Crippen molar-refractivity contribution in [3.63, 3.8) is 0 Å². The summed E-state index contributed by atoms with van der Waals surface area (Å²) < 4.78 is 1.29. The van der Waals surface area contributed by atoms with E-state index >= 15 is 0 Å². The van der Waals surface area contributed by atoms with Crippen LogP contribution in [-0.4, -0.2) is 30.1 Å². The molecule has 0 spiro atoms. The summed E-state index contributed by atoms with van der Waals surface area (Å²) in [5.74, 6) is 0.905. The number of nitrogens with zero attached hydrogens (tertiary/aromatic N) is 1. The molecule has 2 aliphatic rings. The molecule has 112 valence electrons. The lowest BCUT2D eigenvalue weighted by atomic mass is 9.82. The average Bonchev–Trinajstić information content (AvgIpc) is 2.85. The zero-order valence-corrected chi connectivity index (χ0v) is 14.7. The Kier molecular flexibility index (Phi) is 5.18. The third-order valence-electron chi connectivity index (χ3n) is 4.88. The van der Waals surface area contributed by atoms with E-state index in [0.717, 1.165) is 18.5 Å². The lowest BCUT2D eigenvalue weighted by Crippen LogP contribution is -2.57. The molecule has 1 aromatic rings. The first-order valence-electron chi connectivity index (χ1n) is 7.93. The molecule has 1 aromatic heterocycles. The van der Waals surface area contributed by atoms with Crippen LogP contribution in [0.3, 0.4) is 0 Å². The Bertz CT molecular complexity index is 428. The number of hydrogen-bond donors (Lipinski definition) is 1. The SMILES string of the molecule is CC1CN(Cc2sccc2Br)C(C2CCCCC2)CN1. The van der Waals surface area contributed by atoms with Gasteiger partial charge in [0.15, 0.2) is 0 Å². The van der Waals surface area contributed by atoms with Crippen molar-refractivity contribution >= 4 is 27.3 Å². The smallest absolute Gasteiger partial charge is 0.0343 e. The van der Waals surface area contributed by atoms with Crippen LogP contribution >= 0.6 is 27.3 Å². The average molecular weight is 357 g/mol. The third-order valence-corrected chi connectivity index (χ3v) is 6.80. The van der Waals surface area contributed by atoms with Crippen molar-refractivity contribution in [2.75, 3.05) is 13.1 Å². The van der Waals surface area contributed by atoms with Crippen LogP contribution in [0.4, 0.5) is 0 Å². The molecule has 2 atom stereocenters. The Morgan fingerprint density at radius 2 is 2.15 bits per heavy atom. The second-order valence-electron chi connectivity index (χ2n) is 6.40. The van der Waals surface area contributed by atoms with Gasteiger partial charge < -0.3 is 5.32 Å². The fourth-order valence-electron chi connectivity index (χ4n) is 3.79. The van der Waals surface area contributed by atoms with Gasteiger partial charge in [0.2, 0.25) is 0 Å². The number of halogens is 1. The van der Waals surface area contributed by atoms with Crippen molar-refractivity contribution in [3.8, 4) is 0 Å². The van der Waals surface area contributed by atoms with E-state index in [-0.39, 0.29) is 0 Å². The molecule has 3 rings (SSSR count). The summed E-state index contributed by atoms with van der Waals surface area (Å²) in [7, 11) is 0. The standard InChI is InChI=1S/C16H25BrN2S/c1-12-10-19(11-16-14(17)7-8-20-16)15(9-18-12)13-5-3-2-4-6-13/h7-8,12-13,15,18H,2-6,9-11H2,1H3. The van der Waals surface area contributed by atoms with E-state index in [1.54, 1.807) is 0 Å². The fraction of sp³-hybridized carbons (Fsp3) is 0.750. The van der Waals surface area contributed by atoms with Crippen molar-refractivity contribution in [1.82, 2.24) is 10.2 Å². The van der Waals surface area contributed by atoms with Crippen LogP contribution in [-0.2, 0) is 6.54 Å². The second kappa shape index (κ2) is 6.91. The molecule has 0 bridgehead atoms. The monoisotopic (exact) mass is 356 g/mol. The van der Waals surface area contributed by atoms with Gasteiger partial charge in [-0.1, -0.05) is 19.3 Å². The van der Waals surface area contributed by atoms with Gasteiger partial charge in [-0.3, -0.25) is 4.90 Å². The van der Waals surface area contributed by atoms with E-state index in [4.69, 9.17) is 0 Å². The summed E-state index contributed by atoms with van der Waals surface area (Å²) in [6.07, 6.45) is 7.19. The number of thiophene rings is 1. The first kappa shape index (κ1) is 15.0. The van der Waals surface area contributed by atoms with Crippen molar-refractivity contribution in [2.45, 2.75) is 57.7 Å². The van der Waals surface area contributed by atoms with Gasteiger partial charge in [0.1, 0.15) is 0 Å². The highest BCUT2D eigenvalue weighted by molar-refractivity contribution is 9.10. The predicted octanol–water partition coefficient (Wildman–Crippen LogP) is 4.25. The molecule has 1 N–H and O–H groups in total. The van der Waals surface area contributed by atoms with Crippen molar-refractivity contribution in [1.29, 1.82) is 0 Å². The largest absolute Gasteiger partial charge is 0.311 e. The quantitative estimate of drug-likeness (QED) is 0.870. The maximum Gasteiger partial charge on any atom is 0.0343 e. The highest BCUT2D eigenvalue weighted by atomic mass is 79.9. The highest BCUT2D eigenvalue weighted by Gasteiger charge is 2.33. The predicted molar refractivity (Wildman–Crippen MR) is 90.3 cm³/mol. The second-order valence-corrected chi connectivity index (χ2v) is 8.25. The lowest BCUT2D eigenvalue weighted by Gasteiger charge is -2.44. The molecule has 4 heteroatoms. The molecule has 2 nitrogen and oxygen atoms in total. The molecule has 2 heterocycles. The molecule has 1 aliphatic carbocycles. The maximum absolute atomic E-state index is 3.70. The zero-order valence-electron chi connectivity index (χ0n) is 12.3. The molecule has 2 unspecified atom stereocenters. The van der Waals surface area contributed by atoms with E-state index < -0.39 is 0 Å². The summed E-state index contributed by atoms with van der Waals surface area (Å²) in [6, 6.07) is 3.54. The number of rotatable bonds is 3. The molecule has 1 aliphatic heterocycles. The highest BCUT2D eigenvalue weighted by Crippen LogP contribution is 2.32. The molecule has 0 amide bonds. The van der Waals surface area contributed by atoms with Gasteiger partial charge >= 0.3 is 0 Å². The van der Waals surface area contributed by atoms with Crippen molar-refractivity contribution in [3.05, 3.63) is 20.8 Å². The van der Waals surface area contributed by atoms with Gasteiger partial charge in [-0.05, 0) is 53.1 Å². The molecule has 1 saturated heterocycles. The van der Waals surface area contributed by atoms with Gasteiger partial charge in [0.05, 0.1) is 0 Å². The van der Waals surface area contributed by atoms with Crippen LogP contribution in [0.2, 0.25) is 0 Å². The Hall–Kier alpha value is 0.1000. The zero-order chi connectivity index (χ0) is 13.9. The summed E-state index contributed by atoms with van der Waals surface area (Å²) in [4.78, 5) is 4.23. The topological polar surface area (TPSA) is 15.3 Å². The molecule has 2 fully saturated rings. The number of hydrogen-bond acceptors (Lipinski definition) is 3. The van der Waals surface area contributed by atoms with Crippen molar-refractivity contribution < 1.29 is 0 Å². The van der Waals surface area contributed by atoms with Crippen LogP contribution in [0.15, 0.2) is 15.9 Å². The van der Waals surface area contributed by atoms with Crippen LogP contribution in [0.1, 0.15) is 43.9 Å². The molecule has 20 heavy (non-hydrogen) atoms. The van der Waals surface area contributed by atoms with Crippen LogP contribution in [0.5, 0.6) is 0 Å². The minimum atomic E-state index is 0.619. The first-order valence-corrected chi connectivity index (χ1v) is 9.60. The summed E-state index contributed by atoms with van der Waals surface area (Å²) in [6.45, 7) is 5.79. The van der Waals surface area contributed by atoms with Crippen molar-refractivity contribution in [2.24, 2.45) is 5.92 Å². The van der Waals surface area contributed by atoms with E-state index in [1.807, 2.05) is 11.3 Å². The molecular formula is C16H25BrN2S. The van der Waals surface area contributed by atoms with Crippen LogP contribution < -0.4 is 5.32 Å². The maximum atomic E-state index is 3.70. The molecule has 0 aromatic carbocycles. The normalized spacial score (nSPS) is 29.7. The molecular weight excluding hydrogens is 332 g/mol. The third kappa shape index (κ3) is 3.46. The Balaban J connectivity index is 1.71. The lowest BCUT2D eigenvalue weighted by molar-refractivity contribution is 0.0696. The van der Waals surface area contributed by atoms with Gasteiger partial charge in [0, 0.05) is 41.1 Å². The minimum Gasteiger partial charge on any atom is -0.311 e. The summed E-state index contributed by atoms with van der Waals surface area (Å²) in [5.41, 5.74) is 0. The fourth-order valence-corrected chi connectivity index (χ4v) is 5.29. The van der Waals surface area contributed by atoms with Gasteiger partial charge in [-0.25, -0.2) is 0 Å². The van der Waals surface area contributed by atoms with Gasteiger partial charge in [-0.2, -0.15) is 0 Å². The van der Waals surface area contributed by atoms with Crippen LogP contribution in [0, 0.1) is 5.92 Å². The van der Waals surface area contributed by atoms with Crippen LogP contribution in [0.25, 0.3) is 0 Å². The van der Waals surface area contributed by atoms with E-state index in [1.165, 1.54) is 54.5 Å². The van der Waals surface area contributed by atoms with E-state index in [9.17, 15) is 0 Å². The van der Waals surface area contributed by atoms with Gasteiger partial charge in [0.25, 0.3) is 0 Å². The number of piperazine rings is 1. The van der Waals surface area contributed by atoms with Gasteiger partial charge in [-0.15, -0.1) is 11.3 Å². The molecule has 0 radical (unpaired) electrons. The summed E-state index contributed by atoms with van der Waals surface area (Å²) in [5, 5.41) is 5.90. The molecule has 1 saturated carbocycles. The van der Waals surface area contributed by atoms with E-state index in [2.05, 4.69) is 44.5 Å². The Morgan fingerprint density at radius 3 is 2.85 bits per heavy atom. The Morgan fingerprint density at radius 1 is 1.35 bits per heavy atom. The first-order chi connectivity index (χ1) is 9.74. The summed E-state index contributed by atoms with van der Waals surface area (Å²) >= 11 is 5.58. The minimum absolute atomic E-state index is 0.619. The van der Waals surface area contributed by atoms with E-state index in [0.29, 0.717) is 6.04 Å². The number of nitrogens with one attached hydrogen (secondary N) is 1. The Labute approximate surface area is 135 Å².